The molecule has 1 aromatic carbocycles. The van der Waals surface area contributed by atoms with Crippen molar-refractivity contribution in [3.63, 3.8) is 0 Å². The molecule has 0 bridgehead atoms. The quantitative estimate of drug-likeness (QED) is 0.518. The summed E-state index contributed by atoms with van der Waals surface area (Å²) < 4.78 is 9.37. The Labute approximate surface area is 152 Å². The number of hydrogen-bond donors (Lipinski definition) is 0. The molecule has 0 aliphatic heterocycles. The number of nitrogens with zero attached hydrogens (tertiary/aromatic N) is 1. The van der Waals surface area contributed by atoms with Crippen LogP contribution in [0.25, 0.3) is 10.2 Å². The van der Waals surface area contributed by atoms with Gasteiger partial charge in [0.1, 0.15) is 5.69 Å². The summed E-state index contributed by atoms with van der Waals surface area (Å²) in [6, 6.07) is 9.58. The zero-order valence-corrected chi connectivity index (χ0v) is 15.9. The standard InChI is InChI=1S/C17H15BrClNO2S/c1-3-22-17(21)13-8-14-15(10(2)16(18)23-14)20(13)9-11-5-4-6-12(19)7-11/h4-8H,3,9H2,1-2H3. The first-order chi connectivity index (χ1) is 11.0. The smallest absolute Gasteiger partial charge is 0.355 e. The largest absolute Gasteiger partial charge is 0.461 e. The summed E-state index contributed by atoms with van der Waals surface area (Å²) >= 11 is 11.3. The van der Waals surface area contributed by atoms with Crippen molar-refractivity contribution >= 4 is 55.1 Å². The molecular weight excluding hydrogens is 398 g/mol. The maximum atomic E-state index is 12.3. The number of esters is 1. The summed E-state index contributed by atoms with van der Waals surface area (Å²) in [4.78, 5) is 12.3. The van der Waals surface area contributed by atoms with E-state index in [4.69, 9.17) is 16.3 Å². The molecular formula is C17H15BrClNO2S. The fraction of sp³-hybridized carbons (Fsp3) is 0.235. The number of carbonyl (C=O) groups is 1. The van der Waals surface area contributed by atoms with Crippen LogP contribution in [-0.4, -0.2) is 17.1 Å². The summed E-state index contributed by atoms with van der Waals surface area (Å²) in [5.74, 6) is -0.298. The third-order valence-electron chi connectivity index (χ3n) is 3.63. The summed E-state index contributed by atoms with van der Waals surface area (Å²) in [6.07, 6.45) is 0. The molecule has 2 heterocycles. The van der Waals surface area contributed by atoms with Crippen molar-refractivity contribution < 1.29 is 9.53 Å². The van der Waals surface area contributed by atoms with Gasteiger partial charge in [0.05, 0.1) is 20.6 Å². The minimum Gasteiger partial charge on any atom is -0.461 e. The summed E-state index contributed by atoms with van der Waals surface area (Å²) in [7, 11) is 0. The first kappa shape index (κ1) is 16.6. The van der Waals surface area contributed by atoms with E-state index in [0.29, 0.717) is 23.9 Å². The summed E-state index contributed by atoms with van der Waals surface area (Å²) in [6.45, 7) is 4.79. The van der Waals surface area contributed by atoms with E-state index in [1.54, 1.807) is 11.3 Å². The molecule has 0 aliphatic rings. The topological polar surface area (TPSA) is 31.2 Å². The molecule has 23 heavy (non-hydrogen) atoms. The van der Waals surface area contributed by atoms with Gasteiger partial charge in [-0.05, 0) is 59.1 Å². The van der Waals surface area contributed by atoms with Gasteiger partial charge in [-0.1, -0.05) is 23.7 Å². The number of hydrogen-bond acceptors (Lipinski definition) is 3. The van der Waals surface area contributed by atoms with Gasteiger partial charge in [0, 0.05) is 11.6 Å². The van der Waals surface area contributed by atoms with Crippen molar-refractivity contribution in [1.29, 1.82) is 0 Å². The Morgan fingerprint density at radius 1 is 1.39 bits per heavy atom. The molecule has 0 radical (unpaired) electrons. The highest BCUT2D eigenvalue weighted by molar-refractivity contribution is 9.11. The highest BCUT2D eigenvalue weighted by Crippen LogP contribution is 2.37. The Balaban J connectivity index is 2.14. The third-order valence-corrected chi connectivity index (χ3v) is 5.96. The highest BCUT2D eigenvalue weighted by atomic mass is 79.9. The van der Waals surface area contributed by atoms with Crippen LogP contribution in [0.4, 0.5) is 0 Å². The predicted molar refractivity (Wildman–Crippen MR) is 98.8 cm³/mol. The van der Waals surface area contributed by atoms with Gasteiger partial charge in [-0.3, -0.25) is 0 Å². The van der Waals surface area contributed by atoms with Crippen LogP contribution in [0.3, 0.4) is 0 Å². The summed E-state index contributed by atoms with van der Waals surface area (Å²) in [5.41, 5.74) is 3.80. The zero-order chi connectivity index (χ0) is 16.6. The average Bonchev–Trinajstić information content (AvgIpc) is 2.98. The first-order valence-electron chi connectivity index (χ1n) is 7.21. The van der Waals surface area contributed by atoms with E-state index in [9.17, 15) is 4.79 Å². The van der Waals surface area contributed by atoms with E-state index >= 15 is 0 Å². The average molecular weight is 413 g/mol. The van der Waals surface area contributed by atoms with E-state index in [-0.39, 0.29) is 5.97 Å². The second kappa shape index (κ2) is 6.67. The van der Waals surface area contributed by atoms with Gasteiger partial charge in [0.15, 0.2) is 0 Å². The van der Waals surface area contributed by atoms with Crippen LogP contribution in [0.1, 0.15) is 28.5 Å². The molecule has 0 saturated heterocycles. The fourth-order valence-corrected chi connectivity index (χ4v) is 4.51. The van der Waals surface area contributed by atoms with Crippen LogP contribution in [-0.2, 0) is 11.3 Å². The molecule has 3 nitrogen and oxygen atoms in total. The lowest BCUT2D eigenvalue weighted by molar-refractivity contribution is 0.0515. The molecule has 0 N–H and O–H groups in total. The number of ether oxygens (including phenoxy) is 1. The SMILES string of the molecule is CCOC(=O)c1cc2sc(Br)c(C)c2n1Cc1cccc(Cl)c1. The van der Waals surface area contributed by atoms with Crippen LogP contribution in [0, 0.1) is 6.92 Å². The van der Waals surface area contributed by atoms with Gasteiger partial charge in [-0.15, -0.1) is 11.3 Å². The van der Waals surface area contributed by atoms with Gasteiger partial charge >= 0.3 is 5.97 Å². The monoisotopic (exact) mass is 411 g/mol. The normalized spacial score (nSPS) is 11.1. The molecule has 0 aliphatic carbocycles. The highest BCUT2D eigenvalue weighted by Gasteiger charge is 2.21. The van der Waals surface area contributed by atoms with Crippen LogP contribution >= 0.6 is 38.9 Å². The Kier molecular flexibility index (Phi) is 4.80. The molecule has 6 heteroatoms. The Hall–Kier alpha value is -1.30. The third kappa shape index (κ3) is 3.18. The lowest BCUT2D eigenvalue weighted by atomic mass is 10.2. The van der Waals surface area contributed by atoms with Gasteiger partial charge < -0.3 is 9.30 Å². The zero-order valence-electron chi connectivity index (χ0n) is 12.7. The molecule has 3 rings (SSSR count). The van der Waals surface area contributed by atoms with Gasteiger partial charge in [0.25, 0.3) is 0 Å². The van der Waals surface area contributed by atoms with Crippen LogP contribution < -0.4 is 0 Å². The second-order valence-corrected chi connectivity index (χ2v) is 7.99. The van der Waals surface area contributed by atoms with Gasteiger partial charge in [0.2, 0.25) is 0 Å². The van der Waals surface area contributed by atoms with Crippen molar-refractivity contribution in [2.45, 2.75) is 20.4 Å². The molecule has 120 valence electrons. The number of aryl methyl sites for hydroxylation is 1. The van der Waals surface area contributed by atoms with Crippen LogP contribution in [0.15, 0.2) is 34.1 Å². The van der Waals surface area contributed by atoms with E-state index in [2.05, 4.69) is 15.9 Å². The maximum Gasteiger partial charge on any atom is 0.355 e. The second-order valence-electron chi connectivity index (χ2n) is 5.18. The van der Waals surface area contributed by atoms with E-state index < -0.39 is 0 Å². The van der Waals surface area contributed by atoms with E-state index in [1.165, 1.54) is 0 Å². The van der Waals surface area contributed by atoms with E-state index in [1.807, 2.05) is 48.7 Å². The van der Waals surface area contributed by atoms with Crippen molar-refractivity contribution in [2.75, 3.05) is 6.61 Å². The Bertz CT molecular complexity index is 884. The van der Waals surface area contributed by atoms with Crippen molar-refractivity contribution in [3.8, 4) is 0 Å². The molecule has 0 unspecified atom stereocenters. The molecule has 0 amide bonds. The van der Waals surface area contributed by atoms with Crippen molar-refractivity contribution in [3.05, 3.63) is 56.0 Å². The molecule has 0 spiro atoms. The van der Waals surface area contributed by atoms with Crippen LogP contribution in [0.5, 0.6) is 0 Å². The van der Waals surface area contributed by atoms with Gasteiger partial charge in [-0.25, -0.2) is 4.79 Å². The molecule has 0 saturated carbocycles. The maximum absolute atomic E-state index is 12.3. The fourth-order valence-electron chi connectivity index (χ4n) is 2.61. The molecule has 0 fully saturated rings. The number of aromatic nitrogens is 1. The first-order valence-corrected chi connectivity index (χ1v) is 9.19. The Morgan fingerprint density at radius 3 is 2.87 bits per heavy atom. The van der Waals surface area contributed by atoms with Crippen molar-refractivity contribution in [1.82, 2.24) is 4.57 Å². The van der Waals surface area contributed by atoms with Crippen molar-refractivity contribution in [2.24, 2.45) is 0 Å². The van der Waals surface area contributed by atoms with Gasteiger partial charge in [-0.2, -0.15) is 0 Å². The number of fused-ring (bicyclic) bond motifs is 1. The van der Waals surface area contributed by atoms with E-state index in [0.717, 1.165) is 25.1 Å². The number of carbonyl (C=O) groups excluding carboxylic acids is 1. The minimum atomic E-state index is -0.298. The minimum absolute atomic E-state index is 0.298. The lowest BCUT2D eigenvalue weighted by Gasteiger charge is -2.11. The molecule has 0 atom stereocenters. The Morgan fingerprint density at radius 2 is 2.17 bits per heavy atom. The summed E-state index contributed by atoms with van der Waals surface area (Å²) in [5, 5.41) is 0.687. The molecule has 2 aromatic heterocycles. The number of thiophene rings is 1. The molecule has 3 aromatic rings. The number of benzene rings is 1. The lowest BCUT2D eigenvalue weighted by Crippen LogP contribution is -2.13. The number of halogens is 2. The predicted octanol–water partition coefficient (Wildman–Crippen LogP) is 5.65. The number of rotatable bonds is 4. The van der Waals surface area contributed by atoms with Crippen LogP contribution in [0.2, 0.25) is 5.02 Å².